The second-order valence-corrected chi connectivity index (χ2v) is 8.20. The molecule has 7 heteroatoms. The zero-order valence-corrected chi connectivity index (χ0v) is 17.8. The van der Waals surface area contributed by atoms with Crippen LogP contribution < -0.4 is 10.6 Å². The third-order valence-corrected chi connectivity index (χ3v) is 5.65. The first-order valence-corrected chi connectivity index (χ1v) is 10.6. The van der Waals surface area contributed by atoms with Gasteiger partial charge in [-0.3, -0.25) is 4.79 Å². The number of carboxylic acid groups (broad SMARTS) is 1. The molecule has 1 saturated carbocycles. The Bertz CT molecular complexity index is 1060. The van der Waals surface area contributed by atoms with Crippen molar-refractivity contribution in [1.82, 2.24) is 15.0 Å². The van der Waals surface area contributed by atoms with Crippen LogP contribution in [0.5, 0.6) is 0 Å². The molecule has 0 aliphatic heterocycles. The van der Waals surface area contributed by atoms with Gasteiger partial charge in [0.1, 0.15) is 5.82 Å². The lowest BCUT2D eigenvalue weighted by atomic mass is 9.86. The Hall–Kier alpha value is -3.48. The highest BCUT2D eigenvalue weighted by Crippen LogP contribution is 2.28. The van der Waals surface area contributed by atoms with Crippen LogP contribution in [0.15, 0.2) is 48.8 Å². The third-order valence-electron chi connectivity index (χ3n) is 5.65. The van der Waals surface area contributed by atoms with Gasteiger partial charge >= 0.3 is 5.97 Å². The van der Waals surface area contributed by atoms with Crippen molar-refractivity contribution in [2.75, 3.05) is 10.6 Å². The van der Waals surface area contributed by atoms with Crippen LogP contribution in [-0.2, 0) is 4.79 Å². The molecule has 1 aliphatic carbocycles. The molecular weight excluding hydrogens is 390 g/mol. The van der Waals surface area contributed by atoms with Gasteiger partial charge in [-0.1, -0.05) is 6.07 Å². The maximum absolute atomic E-state index is 11.1. The molecule has 3 aromatic rings. The maximum Gasteiger partial charge on any atom is 0.306 e. The van der Waals surface area contributed by atoms with Gasteiger partial charge in [0, 0.05) is 35.4 Å². The zero-order valence-electron chi connectivity index (χ0n) is 17.8. The van der Waals surface area contributed by atoms with Gasteiger partial charge in [0.15, 0.2) is 0 Å². The molecular formula is C24H27N5O2. The van der Waals surface area contributed by atoms with Crippen LogP contribution in [-0.4, -0.2) is 32.1 Å². The largest absolute Gasteiger partial charge is 0.481 e. The summed E-state index contributed by atoms with van der Waals surface area (Å²) in [5.41, 5.74) is 5.06. The Kier molecular flexibility index (Phi) is 6.11. The summed E-state index contributed by atoms with van der Waals surface area (Å²) in [6.07, 6.45) is 6.75. The lowest BCUT2D eigenvalue weighted by Crippen LogP contribution is -2.29. The molecule has 1 aliphatic rings. The highest BCUT2D eigenvalue weighted by Gasteiger charge is 2.25. The van der Waals surface area contributed by atoms with Gasteiger partial charge in [-0.25, -0.2) is 15.0 Å². The van der Waals surface area contributed by atoms with E-state index in [-0.39, 0.29) is 12.0 Å². The van der Waals surface area contributed by atoms with Gasteiger partial charge in [0.25, 0.3) is 0 Å². The molecule has 2 heterocycles. The molecule has 0 unspecified atom stereocenters. The van der Waals surface area contributed by atoms with E-state index in [2.05, 4.69) is 56.8 Å². The predicted molar refractivity (Wildman–Crippen MR) is 121 cm³/mol. The van der Waals surface area contributed by atoms with Crippen LogP contribution >= 0.6 is 0 Å². The number of hydrogen-bond donors (Lipinski definition) is 3. The van der Waals surface area contributed by atoms with Gasteiger partial charge in [-0.2, -0.15) is 0 Å². The average molecular weight is 418 g/mol. The monoisotopic (exact) mass is 417 g/mol. The Labute approximate surface area is 182 Å². The maximum atomic E-state index is 11.1. The Morgan fingerprint density at radius 2 is 1.81 bits per heavy atom. The minimum Gasteiger partial charge on any atom is -0.481 e. The van der Waals surface area contributed by atoms with E-state index >= 15 is 0 Å². The van der Waals surface area contributed by atoms with Crippen molar-refractivity contribution in [2.45, 2.75) is 45.6 Å². The van der Waals surface area contributed by atoms with Crippen LogP contribution in [0.2, 0.25) is 0 Å². The lowest BCUT2D eigenvalue weighted by molar-refractivity contribution is -0.142. The van der Waals surface area contributed by atoms with Crippen molar-refractivity contribution in [3.63, 3.8) is 0 Å². The number of rotatable bonds is 6. The molecule has 0 bridgehead atoms. The highest BCUT2D eigenvalue weighted by molar-refractivity contribution is 5.71. The molecule has 1 fully saturated rings. The SMILES string of the molecule is Cc1cc(Nc2nccc(C)n2)cc(-c2ccc(NC3CCC(C(=O)O)CC3)nc2)c1. The lowest BCUT2D eigenvalue weighted by Gasteiger charge is -2.27. The molecule has 0 saturated heterocycles. The van der Waals surface area contributed by atoms with E-state index in [1.807, 2.05) is 25.3 Å². The second kappa shape index (κ2) is 9.12. The molecule has 1 aromatic carbocycles. The Morgan fingerprint density at radius 3 is 2.48 bits per heavy atom. The zero-order chi connectivity index (χ0) is 21.8. The molecule has 2 aromatic heterocycles. The van der Waals surface area contributed by atoms with Crippen molar-refractivity contribution >= 4 is 23.4 Å². The number of aryl methyl sites for hydroxylation is 2. The molecule has 3 N–H and O–H groups in total. The molecule has 31 heavy (non-hydrogen) atoms. The minimum atomic E-state index is -0.679. The fourth-order valence-electron chi connectivity index (χ4n) is 4.00. The number of pyridine rings is 1. The topological polar surface area (TPSA) is 100 Å². The van der Waals surface area contributed by atoms with Gasteiger partial charge in [-0.15, -0.1) is 0 Å². The van der Waals surface area contributed by atoms with E-state index in [0.29, 0.717) is 5.95 Å². The van der Waals surface area contributed by atoms with E-state index in [1.165, 1.54) is 0 Å². The summed E-state index contributed by atoms with van der Waals surface area (Å²) in [4.78, 5) is 24.4. The van der Waals surface area contributed by atoms with Crippen LogP contribution in [0.25, 0.3) is 11.1 Å². The summed E-state index contributed by atoms with van der Waals surface area (Å²) in [5.74, 6) is 0.512. The Morgan fingerprint density at radius 1 is 1.00 bits per heavy atom. The summed E-state index contributed by atoms with van der Waals surface area (Å²) in [7, 11) is 0. The van der Waals surface area contributed by atoms with Crippen LogP contribution in [0.1, 0.15) is 36.9 Å². The molecule has 0 spiro atoms. The number of aromatic nitrogens is 3. The van der Waals surface area contributed by atoms with Gasteiger partial charge in [0.2, 0.25) is 5.95 Å². The summed E-state index contributed by atoms with van der Waals surface area (Å²) in [6.45, 7) is 4.00. The second-order valence-electron chi connectivity index (χ2n) is 8.20. The van der Waals surface area contributed by atoms with E-state index in [0.717, 1.165) is 59.6 Å². The molecule has 160 valence electrons. The fourth-order valence-corrected chi connectivity index (χ4v) is 4.00. The molecule has 4 rings (SSSR count). The predicted octanol–water partition coefficient (Wildman–Crippen LogP) is 4.95. The molecule has 0 radical (unpaired) electrons. The van der Waals surface area contributed by atoms with E-state index < -0.39 is 5.97 Å². The van der Waals surface area contributed by atoms with Crippen molar-refractivity contribution in [3.05, 3.63) is 60.0 Å². The average Bonchev–Trinajstić information content (AvgIpc) is 2.74. The summed E-state index contributed by atoms with van der Waals surface area (Å²) in [5, 5.41) is 15.9. The summed E-state index contributed by atoms with van der Waals surface area (Å²) in [6, 6.07) is 12.4. The fraction of sp³-hybridized carbons (Fsp3) is 0.333. The first-order valence-electron chi connectivity index (χ1n) is 10.6. The molecule has 0 atom stereocenters. The number of carbonyl (C=O) groups is 1. The van der Waals surface area contributed by atoms with Crippen LogP contribution in [0.3, 0.4) is 0 Å². The normalized spacial score (nSPS) is 18.4. The number of nitrogens with zero attached hydrogens (tertiary/aromatic N) is 3. The van der Waals surface area contributed by atoms with E-state index in [1.54, 1.807) is 6.20 Å². The molecule has 0 amide bonds. The van der Waals surface area contributed by atoms with Crippen molar-refractivity contribution in [3.8, 4) is 11.1 Å². The van der Waals surface area contributed by atoms with Crippen LogP contribution in [0.4, 0.5) is 17.5 Å². The van der Waals surface area contributed by atoms with E-state index in [4.69, 9.17) is 5.11 Å². The third kappa shape index (κ3) is 5.36. The quantitative estimate of drug-likeness (QED) is 0.521. The summed E-state index contributed by atoms with van der Waals surface area (Å²) < 4.78 is 0. The number of nitrogens with one attached hydrogen (secondary N) is 2. The number of aliphatic carboxylic acids is 1. The standard InChI is InChI=1S/C24H27N5O2/c1-15-11-19(13-21(12-15)29-24-25-10-9-16(2)27-24)18-5-8-22(26-14-18)28-20-6-3-17(4-7-20)23(30)31/h5,8-14,17,20H,3-4,6-7H2,1-2H3,(H,26,28)(H,30,31)(H,25,27,29). The minimum absolute atomic E-state index is 0.206. The summed E-state index contributed by atoms with van der Waals surface area (Å²) >= 11 is 0. The van der Waals surface area contributed by atoms with E-state index in [9.17, 15) is 4.79 Å². The molecule has 7 nitrogen and oxygen atoms in total. The van der Waals surface area contributed by atoms with Crippen molar-refractivity contribution in [2.24, 2.45) is 5.92 Å². The van der Waals surface area contributed by atoms with Gasteiger partial charge < -0.3 is 15.7 Å². The first kappa shape index (κ1) is 20.8. The highest BCUT2D eigenvalue weighted by atomic mass is 16.4. The van der Waals surface area contributed by atoms with Gasteiger partial charge in [0.05, 0.1) is 5.92 Å². The van der Waals surface area contributed by atoms with Crippen LogP contribution in [0, 0.1) is 19.8 Å². The van der Waals surface area contributed by atoms with Crippen molar-refractivity contribution < 1.29 is 9.90 Å². The Balaban J connectivity index is 1.44. The van der Waals surface area contributed by atoms with Gasteiger partial charge in [-0.05, 0) is 81.0 Å². The smallest absolute Gasteiger partial charge is 0.306 e. The number of benzene rings is 1. The van der Waals surface area contributed by atoms with Crippen molar-refractivity contribution in [1.29, 1.82) is 0 Å². The number of hydrogen-bond acceptors (Lipinski definition) is 6. The number of carboxylic acids is 1. The first-order chi connectivity index (χ1) is 15.0. The number of anilines is 3.